The third kappa shape index (κ3) is 11.6. The van der Waals surface area contributed by atoms with E-state index in [-0.39, 0.29) is 32.3 Å². The average molecular weight is 951 g/mol. The van der Waals surface area contributed by atoms with Crippen molar-refractivity contribution in [1.82, 2.24) is 9.80 Å². The molecular weight excluding hydrogens is 885 g/mol. The minimum Gasteiger partial charge on any atom is -0.374 e. The summed E-state index contributed by atoms with van der Waals surface area (Å²) in [5, 5.41) is 0. The van der Waals surface area contributed by atoms with Crippen LogP contribution in [0.5, 0.6) is 0 Å². The van der Waals surface area contributed by atoms with Crippen molar-refractivity contribution in [2.45, 2.75) is 88.5 Å². The summed E-state index contributed by atoms with van der Waals surface area (Å²) in [6.45, 7) is 8.79. The maximum absolute atomic E-state index is 16.0. The highest BCUT2D eigenvalue weighted by atomic mass is 16.8. The molecule has 2 saturated heterocycles. The molecule has 0 radical (unpaired) electrons. The van der Waals surface area contributed by atoms with Crippen LogP contribution in [0.4, 0.5) is 0 Å². The van der Waals surface area contributed by atoms with Crippen molar-refractivity contribution >= 4 is 5.91 Å². The molecule has 71 heavy (non-hydrogen) atoms. The number of hydrogen-bond donors (Lipinski definition) is 0. The number of hydrogen-bond acceptors (Lipinski definition) is 8. The molecule has 366 valence electrons. The van der Waals surface area contributed by atoms with Crippen molar-refractivity contribution in [2.75, 3.05) is 32.8 Å². The van der Waals surface area contributed by atoms with Crippen LogP contribution in [0.1, 0.15) is 59.7 Å². The number of carbonyl (C=O) groups is 1. The smallest absolute Gasteiger partial charge is 0.254 e. The van der Waals surface area contributed by atoms with E-state index in [9.17, 15) is 0 Å². The predicted octanol–water partition coefficient (Wildman–Crippen LogP) is 11.0. The molecule has 0 bridgehead atoms. The van der Waals surface area contributed by atoms with E-state index >= 15 is 4.79 Å². The third-order valence-electron chi connectivity index (χ3n) is 13.8. The van der Waals surface area contributed by atoms with Crippen molar-refractivity contribution in [1.29, 1.82) is 0 Å². The van der Waals surface area contributed by atoms with Gasteiger partial charge in [-0.25, -0.2) is 0 Å². The fourth-order valence-electron chi connectivity index (χ4n) is 10.5. The summed E-state index contributed by atoms with van der Waals surface area (Å²) in [5.74, 6) is -1.22. The molecule has 7 aromatic rings. The third-order valence-corrected chi connectivity index (χ3v) is 13.8. The van der Waals surface area contributed by atoms with Gasteiger partial charge in [-0.15, -0.1) is 0 Å². The molecule has 2 aliphatic heterocycles. The van der Waals surface area contributed by atoms with Crippen LogP contribution in [-0.4, -0.2) is 84.3 Å². The summed E-state index contributed by atoms with van der Waals surface area (Å²) in [6, 6.07) is 72.2. The van der Waals surface area contributed by atoms with Crippen molar-refractivity contribution < 1.29 is 33.2 Å². The van der Waals surface area contributed by atoms with E-state index in [4.69, 9.17) is 28.4 Å². The lowest BCUT2D eigenvalue weighted by atomic mass is 9.75. The van der Waals surface area contributed by atoms with Crippen LogP contribution in [0.3, 0.4) is 0 Å². The Morgan fingerprint density at radius 3 is 1.32 bits per heavy atom. The second-order valence-corrected chi connectivity index (χ2v) is 19.0. The van der Waals surface area contributed by atoms with E-state index in [2.05, 4.69) is 95.9 Å². The Balaban J connectivity index is 1.12. The minimum atomic E-state index is -1.28. The van der Waals surface area contributed by atoms with Crippen molar-refractivity contribution in [3.05, 3.63) is 251 Å². The molecular formula is C62H66N2O7. The van der Waals surface area contributed by atoms with E-state index in [0.717, 1.165) is 38.9 Å². The van der Waals surface area contributed by atoms with Crippen LogP contribution in [-0.2, 0) is 65.2 Å². The van der Waals surface area contributed by atoms with Gasteiger partial charge in [0.05, 0.1) is 44.7 Å². The van der Waals surface area contributed by atoms with Crippen LogP contribution in [0, 0.1) is 0 Å². The molecule has 0 N–H and O–H groups in total. The molecule has 0 spiro atoms. The lowest BCUT2D eigenvalue weighted by Gasteiger charge is -2.49. The molecule has 2 fully saturated rings. The highest BCUT2D eigenvalue weighted by molar-refractivity contribution is 5.82. The Kier molecular flexibility index (Phi) is 16.3. The maximum Gasteiger partial charge on any atom is 0.254 e. The average Bonchev–Trinajstić information content (AvgIpc) is 3.66. The molecule has 9 nitrogen and oxygen atoms in total. The van der Waals surface area contributed by atoms with Crippen molar-refractivity contribution in [3.63, 3.8) is 0 Å². The fraction of sp³-hybridized carbons (Fsp3) is 0.306. The summed E-state index contributed by atoms with van der Waals surface area (Å²) in [4.78, 5) is 20.5. The van der Waals surface area contributed by atoms with Gasteiger partial charge in [0.1, 0.15) is 17.8 Å². The van der Waals surface area contributed by atoms with E-state index in [1.54, 1.807) is 0 Å². The Hall–Kier alpha value is -6.27. The molecule has 2 aliphatic rings. The Morgan fingerprint density at radius 2 is 0.915 bits per heavy atom. The van der Waals surface area contributed by atoms with E-state index in [0.29, 0.717) is 32.8 Å². The largest absolute Gasteiger partial charge is 0.374 e. The van der Waals surface area contributed by atoms with Gasteiger partial charge in [0.15, 0.2) is 11.9 Å². The number of rotatable bonds is 21. The van der Waals surface area contributed by atoms with Crippen LogP contribution in [0.15, 0.2) is 212 Å². The van der Waals surface area contributed by atoms with E-state index < -0.39 is 41.3 Å². The monoisotopic (exact) mass is 950 g/mol. The standard InChI is InChI=1S/C62H66N2O7/c1-48-61(71-60(2,3)70-48,47-66-43-49-25-11-4-12-26-49)58(69-46-52-31-17-7-18-32-52)56(67-44-50-27-13-5-14-28-50)57(68-45-51-29-15-6-16-30-51)59(65)63-39-41-64(42-40-63)62(53-33-19-8-20-34-53,54-35-21-9-22-36-54)55-37-23-10-24-38-55/h4-38,48,56-58H,39-47H2,1-3H3/t48-,56-,57-,58+,61-/m1/s1. The number of benzene rings is 7. The lowest BCUT2D eigenvalue weighted by Crippen LogP contribution is -2.65. The van der Waals surface area contributed by atoms with Crippen LogP contribution in [0.2, 0.25) is 0 Å². The van der Waals surface area contributed by atoms with Gasteiger partial charge in [-0.2, -0.15) is 0 Å². The van der Waals surface area contributed by atoms with Crippen molar-refractivity contribution in [3.8, 4) is 0 Å². The topological polar surface area (TPSA) is 78.9 Å². The van der Waals surface area contributed by atoms with E-state index in [1.165, 1.54) is 0 Å². The second kappa shape index (κ2) is 23.3. The van der Waals surface area contributed by atoms with Gasteiger partial charge in [-0.05, 0) is 59.7 Å². The zero-order chi connectivity index (χ0) is 48.9. The lowest BCUT2D eigenvalue weighted by molar-refractivity contribution is -0.250. The van der Waals surface area contributed by atoms with Gasteiger partial charge in [0.2, 0.25) is 0 Å². The van der Waals surface area contributed by atoms with Gasteiger partial charge >= 0.3 is 0 Å². The molecule has 9 rings (SSSR count). The molecule has 9 heteroatoms. The van der Waals surface area contributed by atoms with Gasteiger partial charge in [-0.3, -0.25) is 9.69 Å². The SMILES string of the molecule is C[C@H]1OC(C)(C)O[C@@]1(COCc1ccccc1)[C@@H](OCc1ccccc1)[C@H](OCc1ccccc1)[C@@H](OCc1ccccc1)C(=O)N1CCN(C(c2ccccc2)(c2ccccc2)c2ccccc2)CC1. The molecule has 1 amide bonds. The second-order valence-electron chi connectivity index (χ2n) is 19.0. The molecule has 0 aromatic heterocycles. The van der Waals surface area contributed by atoms with Gasteiger partial charge in [0, 0.05) is 26.2 Å². The number of piperazine rings is 1. The van der Waals surface area contributed by atoms with Gasteiger partial charge in [0.25, 0.3) is 5.91 Å². The zero-order valence-electron chi connectivity index (χ0n) is 41.1. The maximum atomic E-state index is 16.0. The summed E-state index contributed by atoms with van der Waals surface area (Å²) < 4.78 is 42.0. The molecule has 0 unspecified atom stereocenters. The number of amides is 1. The number of carbonyl (C=O) groups excluding carboxylic acids is 1. The van der Waals surface area contributed by atoms with E-state index in [1.807, 2.05) is 147 Å². The highest BCUT2D eigenvalue weighted by Crippen LogP contribution is 2.45. The first-order valence-electron chi connectivity index (χ1n) is 24.9. The molecule has 0 saturated carbocycles. The molecule has 5 atom stereocenters. The Labute approximate surface area is 419 Å². The Bertz CT molecular complexity index is 2580. The first-order chi connectivity index (χ1) is 34.7. The number of ether oxygens (including phenoxy) is 6. The van der Waals surface area contributed by atoms with Crippen LogP contribution < -0.4 is 0 Å². The Morgan fingerprint density at radius 1 is 0.535 bits per heavy atom. The van der Waals surface area contributed by atoms with Gasteiger partial charge in [-0.1, -0.05) is 212 Å². The summed E-state index contributed by atoms with van der Waals surface area (Å²) >= 11 is 0. The normalized spacial score (nSPS) is 19.5. The quantitative estimate of drug-likeness (QED) is 0.0659. The summed E-state index contributed by atoms with van der Waals surface area (Å²) in [7, 11) is 0. The van der Waals surface area contributed by atoms with Crippen LogP contribution >= 0.6 is 0 Å². The zero-order valence-corrected chi connectivity index (χ0v) is 41.1. The summed E-state index contributed by atoms with van der Waals surface area (Å²) in [5.41, 5.74) is 5.39. The minimum absolute atomic E-state index is 0.0793. The summed E-state index contributed by atoms with van der Waals surface area (Å²) in [6.07, 6.45) is -3.69. The molecule has 2 heterocycles. The highest BCUT2D eigenvalue weighted by Gasteiger charge is 2.61. The predicted molar refractivity (Wildman–Crippen MR) is 277 cm³/mol. The molecule has 7 aromatic carbocycles. The fourth-order valence-corrected chi connectivity index (χ4v) is 10.5. The first kappa shape index (κ1) is 49.7. The van der Waals surface area contributed by atoms with Crippen molar-refractivity contribution in [2.24, 2.45) is 0 Å². The number of nitrogens with zero attached hydrogens (tertiary/aromatic N) is 2. The first-order valence-corrected chi connectivity index (χ1v) is 24.9. The van der Waals surface area contributed by atoms with Gasteiger partial charge < -0.3 is 33.3 Å². The molecule has 0 aliphatic carbocycles. The van der Waals surface area contributed by atoms with Crippen LogP contribution in [0.25, 0.3) is 0 Å².